The Morgan fingerprint density at radius 3 is 2.93 bits per heavy atom. The Bertz CT molecular complexity index is 319. The van der Waals surface area contributed by atoms with Crippen LogP contribution in [0.25, 0.3) is 0 Å². The zero-order valence-corrected chi connectivity index (χ0v) is 9.89. The highest BCUT2D eigenvalue weighted by atomic mass is 32.1. The summed E-state index contributed by atoms with van der Waals surface area (Å²) in [4.78, 5) is 10.7. The summed E-state index contributed by atoms with van der Waals surface area (Å²) in [7, 11) is 4.11. The lowest BCUT2D eigenvalue weighted by Gasteiger charge is -2.23. The summed E-state index contributed by atoms with van der Waals surface area (Å²) in [5.74, 6) is 0. The third-order valence-electron chi connectivity index (χ3n) is 2.63. The lowest BCUT2D eigenvalue weighted by molar-refractivity contribution is 0.270. The average Bonchev–Trinajstić information content (AvgIpc) is 2.59. The number of anilines is 1. The Morgan fingerprint density at radius 2 is 2.29 bits per heavy atom. The van der Waals surface area contributed by atoms with Gasteiger partial charge in [0.25, 0.3) is 0 Å². The van der Waals surface area contributed by atoms with E-state index in [0.717, 1.165) is 24.6 Å². The molecule has 0 bridgehead atoms. The van der Waals surface area contributed by atoms with Crippen LogP contribution in [0.4, 0.5) is 5.13 Å². The normalized spacial score (nSPS) is 16.8. The molecule has 0 aliphatic carbocycles. The Morgan fingerprint density at radius 1 is 1.50 bits per heavy atom. The van der Waals surface area contributed by atoms with Crippen molar-refractivity contribution in [3.8, 4) is 0 Å². The monoisotopic (exact) mass is 211 g/mol. The van der Waals surface area contributed by atoms with Gasteiger partial charge in [0, 0.05) is 38.5 Å². The van der Waals surface area contributed by atoms with Gasteiger partial charge in [0.15, 0.2) is 5.13 Å². The summed E-state index contributed by atoms with van der Waals surface area (Å²) in [5, 5.41) is 1.15. The lowest BCUT2D eigenvalue weighted by atomic mass is 10.2. The molecule has 78 valence electrons. The first-order valence-electron chi connectivity index (χ1n) is 5.09. The van der Waals surface area contributed by atoms with Gasteiger partial charge in [0.2, 0.25) is 0 Å². The average molecular weight is 211 g/mol. The molecule has 2 heterocycles. The molecule has 0 N–H and O–H groups in total. The summed E-state index contributed by atoms with van der Waals surface area (Å²) in [6.07, 6.45) is 1.12. The number of thiazole rings is 1. The minimum Gasteiger partial charge on any atom is -0.354 e. The number of hydrogen-bond donors (Lipinski definition) is 0. The summed E-state index contributed by atoms with van der Waals surface area (Å²) in [5.41, 5.74) is 1.32. The summed E-state index contributed by atoms with van der Waals surface area (Å²) < 4.78 is 0. The molecule has 0 fully saturated rings. The van der Waals surface area contributed by atoms with Gasteiger partial charge in [-0.05, 0) is 6.54 Å². The van der Waals surface area contributed by atoms with Crippen LogP contribution in [-0.2, 0) is 13.0 Å². The third kappa shape index (κ3) is 1.77. The van der Waals surface area contributed by atoms with E-state index in [0.29, 0.717) is 0 Å². The molecule has 1 aromatic rings. The Kier molecular flexibility index (Phi) is 2.74. The highest BCUT2D eigenvalue weighted by Crippen LogP contribution is 2.29. The van der Waals surface area contributed by atoms with Crippen LogP contribution in [0.15, 0.2) is 0 Å². The number of fused-ring (bicyclic) bond motifs is 1. The zero-order chi connectivity index (χ0) is 10.1. The van der Waals surface area contributed by atoms with Crippen molar-refractivity contribution in [2.45, 2.75) is 19.9 Å². The maximum absolute atomic E-state index is 4.64. The van der Waals surface area contributed by atoms with E-state index in [4.69, 9.17) is 0 Å². The van der Waals surface area contributed by atoms with Gasteiger partial charge in [-0.15, -0.1) is 11.3 Å². The first-order valence-corrected chi connectivity index (χ1v) is 5.90. The second-order valence-electron chi connectivity index (χ2n) is 3.88. The molecule has 1 aliphatic heterocycles. The first kappa shape index (κ1) is 9.93. The quantitative estimate of drug-likeness (QED) is 0.740. The summed E-state index contributed by atoms with van der Waals surface area (Å²) in [6.45, 7) is 5.63. The van der Waals surface area contributed by atoms with E-state index in [1.54, 1.807) is 0 Å². The molecule has 0 aromatic carbocycles. The second-order valence-corrected chi connectivity index (χ2v) is 4.94. The van der Waals surface area contributed by atoms with Gasteiger partial charge in [-0.2, -0.15) is 0 Å². The van der Waals surface area contributed by atoms with E-state index in [2.05, 4.69) is 35.8 Å². The van der Waals surface area contributed by atoms with Gasteiger partial charge in [-0.25, -0.2) is 4.98 Å². The second kappa shape index (κ2) is 3.87. The molecule has 1 aromatic heterocycles. The number of likely N-dealkylation sites (N-methyl/N-ethyl adjacent to an activating group) is 1. The van der Waals surface area contributed by atoms with Crippen LogP contribution in [0.3, 0.4) is 0 Å². The minimum absolute atomic E-state index is 1.09. The van der Waals surface area contributed by atoms with Crippen molar-refractivity contribution in [1.29, 1.82) is 0 Å². The number of nitrogens with zero attached hydrogens (tertiary/aromatic N) is 3. The fourth-order valence-electron chi connectivity index (χ4n) is 1.70. The van der Waals surface area contributed by atoms with E-state index < -0.39 is 0 Å². The van der Waals surface area contributed by atoms with Crippen molar-refractivity contribution < 1.29 is 0 Å². The van der Waals surface area contributed by atoms with Crippen LogP contribution in [-0.4, -0.2) is 37.1 Å². The molecule has 1 aliphatic rings. The van der Waals surface area contributed by atoms with Crippen molar-refractivity contribution >= 4 is 16.5 Å². The minimum atomic E-state index is 1.09. The standard InChI is InChI=1S/C10H17N3S/c1-4-13-6-5-8-9(7-13)14-10(11-8)12(2)3/h4-7H2,1-3H3. The molecular weight excluding hydrogens is 194 g/mol. The van der Waals surface area contributed by atoms with Gasteiger partial charge in [-0.3, -0.25) is 4.90 Å². The van der Waals surface area contributed by atoms with Crippen LogP contribution in [0.5, 0.6) is 0 Å². The van der Waals surface area contributed by atoms with E-state index in [1.165, 1.54) is 17.1 Å². The van der Waals surface area contributed by atoms with Crippen LogP contribution >= 0.6 is 11.3 Å². The molecule has 0 saturated heterocycles. The summed E-state index contributed by atoms with van der Waals surface area (Å²) >= 11 is 1.84. The molecule has 3 nitrogen and oxygen atoms in total. The Hall–Kier alpha value is -0.610. The summed E-state index contributed by atoms with van der Waals surface area (Å²) in [6, 6.07) is 0. The maximum Gasteiger partial charge on any atom is 0.185 e. The number of aromatic nitrogens is 1. The number of rotatable bonds is 2. The van der Waals surface area contributed by atoms with Crippen LogP contribution in [0, 0.1) is 0 Å². The number of hydrogen-bond acceptors (Lipinski definition) is 4. The molecule has 0 unspecified atom stereocenters. The SMILES string of the molecule is CCN1CCc2nc(N(C)C)sc2C1. The van der Waals surface area contributed by atoms with Gasteiger partial charge in [-0.1, -0.05) is 6.92 Å². The Labute approximate surface area is 89.4 Å². The fourth-order valence-corrected chi connectivity index (χ4v) is 2.77. The van der Waals surface area contributed by atoms with Gasteiger partial charge in [0.05, 0.1) is 5.69 Å². The lowest BCUT2D eigenvalue weighted by Crippen LogP contribution is -2.29. The van der Waals surface area contributed by atoms with Crippen LogP contribution in [0.1, 0.15) is 17.5 Å². The third-order valence-corrected chi connectivity index (χ3v) is 3.88. The molecule has 0 atom stereocenters. The predicted octanol–water partition coefficient (Wildman–Crippen LogP) is 1.59. The zero-order valence-electron chi connectivity index (χ0n) is 9.08. The van der Waals surface area contributed by atoms with Gasteiger partial charge in [0.1, 0.15) is 0 Å². The van der Waals surface area contributed by atoms with Crippen molar-refractivity contribution in [2.24, 2.45) is 0 Å². The van der Waals surface area contributed by atoms with Crippen molar-refractivity contribution in [2.75, 3.05) is 32.1 Å². The molecule has 4 heteroatoms. The molecular formula is C10H17N3S. The highest BCUT2D eigenvalue weighted by molar-refractivity contribution is 7.15. The molecule has 2 rings (SSSR count). The van der Waals surface area contributed by atoms with E-state index in [-0.39, 0.29) is 0 Å². The van der Waals surface area contributed by atoms with Crippen LogP contribution in [0.2, 0.25) is 0 Å². The van der Waals surface area contributed by atoms with E-state index in [1.807, 2.05) is 11.3 Å². The van der Waals surface area contributed by atoms with Crippen molar-refractivity contribution in [3.63, 3.8) is 0 Å². The maximum atomic E-state index is 4.64. The van der Waals surface area contributed by atoms with Gasteiger partial charge >= 0.3 is 0 Å². The van der Waals surface area contributed by atoms with E-state index >= 15 is 0 Å². The van der Waals surface area contributed by atoms with E-state index in [9.17, 15) is 0 Å². The first-order chi connectivity index (χ1) is 6.70. The van der Waals surface area contributed by atoms with Crippen LogP contribution < -0.4 is 4.90 Å². The predicted molar refractivity (Wildman–Crippen MR) is 61.1 cm³/mol. The van der Waals surface area contributed by atoms with Gasteiger partial charge < -0.3 is 4.90 Å². The molecule has 14 heavy (non-hydrogen) atoms. The molecule has 0 saturated carbocycles. The Balaban J connectivity index is 2.21. The topological polar surface area (TPSA) is 19.4 Å². The highest BCUT2D eigenvalue weighted by Gasteiger charge is 2.19. The fraction of sp³-hybridized carbons (Fsp3) is 0.700. The van der Waals surface area contributed by atoms with Crippen molar-refractivity contribution in [3.05, 3.63) is 10.6 Å². The smallest absolute Gasteiger partial charge is 0.185 e. The molecule has 0 radical (unpaired) electrons. The molecule has 0 amide bonds. The molecule has 0 spiro atoms. The van der Waals surface area contributed by atoms with Crippen molar-refractivity contribution in [1.82, 2.24) is 9.88 Å². The largest absolute Gasteiger partial charge is 0.354 e.